The van der Waals surface area contributed by atoms with Crippen LogP contribution in [0.1, 0.15) is 26.3 Å². The van der Waals surface area contributed by atoms with Crippen molar-refractivity contribution in [3.8, 4) is 0 Å². The fourth-order valence-corrected chi connectivity index (χ4v) is 1.88. The van der Waals surface area contributed by atoms with Crippen LogP contribution < -0.4 is 16.6 Å². The molecule has 0 radical (unpaired) electrons. The highest BCUT2D eigenvalue weighted by Gasteiger charge is 2.15. The van der Waals surface area contributed by atoms with Gasteiger partial charge in [-0.3, -0.25) is 15.0 Å². The van der Waals surface area contributed by atoms with E-state index in [2.05, 4.69) is 10.7 Å². The van der Waals surface area contributed by atoms with E-state index in [0.29, 0.717) is 16.8 Å². The molecule has 0 aliphatic rings. The first kappa shape index (κ1) is 13.8. The first-order chi connectivity index (χ1) is 9.63. The van der Waals surface area contributed by atoms with Crippen LogP contribution in [-0.4, -0.2) is 11.8 Å². The van der Waals surface area contributed by atoms with Gasteiger partial charge in [0.15, 0.2) is 0 Å². The first-order valence-electron chi connectivity index (χ1n) is 6.10. The molecule has 0 saturated heterocycles. The molecule has 0 bridgehead atoms. The molecule has 0 fully saturated rings. The summed E-state index contributed by atoms with van der Waals surface area (Å²) in [5.74, 6) is 4.43. The molecule has 4 N–H and O–H groups in total. The van der Waals surface area contributed by atoms with Crippen LogP contribution in [0, 0.1) is 6.92 Å². The third-order valence-electron chi connectivity index (χ3n) is 2.92. The van der Waals surface area contributed by atoms with Gasteiger partial charge in [0.1, 0.15) is 0 Å². The van der Waals surface area contributed by atoms with Crippen molar-refractivity contribution in [3.63, 3.8) is 0 Å². The van der Waals surface area contributed by atoms with Gasteiger partial charge in [-0.2, -0.15) is 0 Å². The van der Waals surface area contributed by atoms with Crippen molar-refractivity contribution >= 4 is 17.5 Å². The summed E-state index contributed by atoms with van der Waals surface area (Å²) >= 11 is 0. The topological polar surface area (TPSA) is 84.2 Å². The van der Waals surface area contributed by atoms with E-state index in [0.717, 1.165) is 5.56 Å². The minimum atomic E-state index is -0.447. The van der Waals surface area contributed by atoms with E-state index in [4.69, 9.17) is 5.84 Å². The van der Waals surface area contributed by atoms with Crippen LogP contribution in [0.25, 0.3) is 0 Å². The number of carbonyl (C=O) groups excluding carboxylic acids is 2. The Kier molecular flexibility index (Phi) is 4.12. The molecule has 5 nitrogen and oxygen atoms in total. The third kappa shape index (κ3) is 2.84. The number of nitrogens with two attached hydrogens (primary N) is 1. The van der Waals surface area contributed by atoms with Gasteiger partial charge < -0.3 is 5.32 Å². The minimum Gasteiger partial charge on any atom is -0.321 e. The van der Waals surface area contributed by atoms with Gasteiger partial charge in [-0.05, 0) is 30.7 Å². The Morgan fingerprint density at radius 2 is 1.65 bits per heavy atom. The molecular weight excluding hydrogens is 254 g/mol. The number of rotatable bonds is 3. The zero-order valence-electron chi connectivity index (χ0n) is 11.0. The summed E-state index contributed by atoms with van der Waals surface area (Å²) in [5, 5.41) is 2.76. The Hall–Kier alpha value is -2.66. The summed E-state index contributed by atoms with van der Waals surface area (Å²) in [6, 6.07) is 14.0. The largest absolute Gasteiger partial charge is 0.321 e. The zero-order valence-corrected chi connectivity index (χ0v) is 11.0. The van der Waals surface area contributed by atoms with Crippen molar-refractivity contribution in [2.45, 2.75) is 6.92 Å². The van der Waals surface area contributed by atoms with Crippen LogP contribution in [0.4, 0.5) is 5.69 Å². The van der Waals surface area contributed by atoms with Crippen molar-refractivity contribution in [2.75, 3.05) is 5.32 Å². The molecule has 2 aromatic rings. The summed E-state index contributed by atoms with van der Waals surface area (Å²) in [7, 11) is 0. The molecule has 0 aliphatic heterocycles. The third-order valence-corrected chi connectivity index (χ3v) is 2.92. The van der Waals surface area contributed by atoms with Gasteiger partial charge in [-0.1, -0.05) is 30.3 Å². The van der Waals surface area contributed by atoms with Gasteiger partial charge in [-0.15, -0.1) is 0 Å². The van der Waals surface area contributed by atoms with E-state index >= 15 is 0 Å². The van der Waals surface area contributed by atoms with Crippen LogP contribution in [0.5, 0.6) is 0 Å². The molecule has 0 spiro atoms. The van der Waals surface area contributed by atoms with E-state index in [-0.39, 0.29) is 5.91 Å². The number of para-hydroxylation sites is 1. The summed E-state index contributed by atoms with van der Waals surface area (Å²) < 4.78 is 0. The quantitative estimate of drug-likeness (QED) is 0.451. The number of aryl methyl sites for hydroxylation is 1. The van der Waals surface area contributed by atoms with Crippen molar-refractivity contribution in [2.24, 2.45) is 5.84 Å². The molecule has 2 rings (SSSR count). The fourth-order valence-electron chi connectivity index (χ4n) is 1.88. The van der Waals surface area contributed by atoms with Gasteiger partial charge >= 0.3 is 0 Å². The molecule has 0 heterocycles. The lowest BCUT2D eigenvalue weighted by atomic mass is 10.1. The van der Waals surface area contributed by atoms with Crippen LogP contribution in [0.15, 0.2) is 48.5 Å². The molecule has 0 saturated carbocycles. The van der Waals surface area contributed by atoms with Crippen molar-refractivity contribution in [3.05, 3.63) is 65.2 Å². The average molecular weight is 269 g/mol. The van der Waals surface area contributed by atoms with Crippen molar-refractivity contribution in [1.82, 2.24) is 5.43 Å². The fraction of sp³-hybridized carbons (Fsp3) is 0.0667. The highest BCUT2D eigenvalue weighted by Crippen LogP contribution is 2.21. The van der Waals surface area contributed by atoms with E-state index in [1.165, 1.54) is 0 Å². The highest BCUT2D eigenvalue weighted by atomic mass is 16.2. The number of hydrogen-bond donors (Lipinski definition) is 3. The minimum absolute atomic E-state index is 0.272. The predicted molar refractivity (Wildman–Crippen MR) is 77.2 cm³/mol. The molecule has 2 amide bonds. The van der Waals surface area contributed by atoms with Crippen LogP contribution in [0.2, 0.25) is 0 Å². The maximum atomic E-state index is 12.2. The Balaban J connectivity index is 2.34. The SMILES string of the molecule is Cc1cccc(C(=O)NN)c1NC(=O)c1ccccc1. The summed E-state index contributed by atoms with van der Waals surface area (Å²) in [6.45, 7) is 1.81. The second-order valence-electron chi connectivity index (χ2n) is 4.29. The second kappa shape index (κ2) is 5.99. The molecule has 2 aromatic carbocycles. The van der Waals surface area contributed by atoms with E-state index < -0.39 is 5.91 Å². The van der Waals surface area contributed by atoms with Gasteiger partial charge in [0.2, 0.25) is 0 Å². The van der Waals surface area contributed by atoms with Gasteiger partial charge in [-0.25, -0.2) is 5.84 Å². The normalized spacial score (nSPS) is 9.90. The predicted octanol–water partition coefficient (Wildman–Crippen LogP) is 1.85. The van der Waals surface area contributed by atoms with Gasteiger partial charge in [0.05, 0.1) is 11.3 Å². The molecule has 5 heteroatoms. The van der Waals surface area contributed by atoms with E-state index in [9.17, 15) is 9.59 Å². The Morgan fingerprint density at radius 1 is 0.950 bits per heavy atom. The van der Waals surface area contributed by atoms with E-state index in [1.807, 2.05) is 19.1 Å². The smallest absolute Gasteiger partial charge is 0.267 e. The molecule has 0 unspecified atom stereocenters. The number of anilines is 1. The number of nitrogen functional groups attached to an aromatic ring is 1. The molecule has 102 valence electrons. The number of benzene rings is 2. The molecule has 20 heavy (non-hydrogen) atoms. The monoisotopic (exact) mass is 269 g/mol. The Labute approximate surface area is 116 Å². The summed E-state index contributed by atoms with van der Waals surface area (Å²) in [5.41, 5.74) is 4.17. The zero-order chi connectivity index (χ0) is 14.5. The number of amides is 2. The highest BCUT2D eigenvalue weighted by molar-refractivity contribution is 6.09. The lowest BCUT2D eigenvalue weighted by Gasteiger charge is -2.13. The molecular formula is C15H15N3O2. The van der Waals surface area contributed by atoms with Crippen molar-refractivity contribution < 1.29 is 9.59 Å². The van der Waals surface area contributed by atoms with Crippen molar-refractivity contribution in [1.29, 1.82) is 0 Å². The first-order valence-corrected chi connectivity index (χ1v) is 6.10. The average Bonchev–Trinajstić information content (AvgIpc) is 2.49. The van der Waals surface area contributed by atoms with Crippen LogP contribution in [0.3, 0.4) is 0 Å². The molecule has 0 atom stereocenters. The lowest BCUT2D eigenvalue weighted by molar-refractivity contribution is 0.0954. The van der Waals surface area contributed by atoms with Crippen LogP contribution >= 0.6 is 0 Å². The summed E-state index contributed by atoms with van der Waals surface area (Å²) in [6.07, 6.45) is 0. The molecule has 0 aliphatic carbocycles. The second-order valence-corrected chi connectivity index (χ2v) is 4.29. The van der Waals surface area contributed by atoms with Gasteiger partial charge in [0, 0.05) is 5.56 Å². The standard InChI is InChI=1S/C15H15N3O2/c1-10-6-5-9-12(15(20)18-16)13(10)17-14(19)11-7-3-2-4-8-11/h2-9H,16H2,1H3,(H,17,19)(H,18,20). The number of carbonyl (C=O) groups is 2. The van der Waals surface area contributed by atoms with Gasteiger partial charge in [0.25, 0.3) is 11.8 Å². The summed E-state index contributed by atoms with van der Waals surface area (Å²) in [4.78, 5) is 23.9. The maximum absolute atomic E-state index is 12.2. The number of nitrogens with one attached hydrogen (secondary N) is 2. The lowest BCUT2D eigenvalue weighted by Crippen LogP contribution is -2.31. The number of hydrogen-bond acceptors (Lipinski definition) is 3. The van der Waals surface area contributed by atoms with Crippen LogP contribution in [-0.2, 0) is 0 Å². The number of hydrazine groups is 1. The maximum Gasteiger partial charge on any atom is 0.267 e. The molecule has 0 aromatic heterocycles. The Morgan fingerprint density at radius 3 is 2.30 bits per heavy atom. The Bertz CT molecular complexity index is 639. The van der Waals surface area contributed by atoms with E-state index in [1.54, 1.807) is 36.4 Å².